The molecule has 14 heteroatoms. The number of hydrogen-bond donors (Lipinski definition) is 0. The van der Waals surface area contributed by atoms with E-state index in [0.717, 1.165) is 56.0 Å². The van der Waals surface area contributed by atoms with Gasteiger partial charge in [-0.2, -0.15) is 9.97 Å². The maximum Gasteiger partial charge on any atom is 0.494 e. The molecular formula is C102H82BClN10O2. The number of fused-ring (bicyclic) bond motifs is 10. The van der Waals surface area contributed by atoms with E-state index in [4.69, 9.17) is 35.9 Å². The number of aromatic nitrogens is 8. The summed E-state index contributed by atoms with van der Waals surface area (Å²) in [6.07, 6.45) is 0. The van der Waals surface area contributed by atoms with E-state index in [0.29, 0.717) is 29.1 Å². The zero-order valence-corrected chi connectivity index (χ0v) is 66.5. The molecule has 1 saturated heterocycles. The molecule has 0 aliphatic carbocycles. The van der Waals surface area contributed by atoms with Gasteiger partial charge in [0.1, 0.15) is 0 Å². The van der Waals surface area contributed by atoms with Crippen molar-refractivity contribution in [3.05, 3.63) is 379 Å². The van der Waals surface area contributed by atoms with E-state index in [2.05, 4.69) is 368 Å². The predicted molar refractivity (Wildman–Crippen MR) is 476 cm³/mol. The van der Waals surface area contributed by atoms with Gasteiger partial charge >= 0.3 is 7.12 Å². The highest BCUT2D eigenvalue weighted by atomic mass is 35.5. The first-order valence-corrected chi connectivity index (χ1v) is 39.8. The Bertz CT molecular complexity index is 6520. The van der Waals surface area contributed by atoms with Crippen LogP contribution >= 0.6 is 11.6 Å². The molecular weight excluding hydrogens is 1440 g/mol. The Morgan fingerprint density at radius 1 is 0.250 bits per heavy atom. The minimum Gasteiger partial charge on any atom is -0.399 e. The average molecular weight is 1530 g/mol. The highest BCUT2D eigenvalue weighted by molar-refractivity contribution is 6.62. The molecule has 0 radical (unpaired) electrons. The second-order valence-electron chi connectivity index (χ2n) is 31.8. The number of rotatable bonds is 10. The molecule has 3 aliphatic heterocycles. The maximum atomic E-state index is 6.24. The first-order valence-electron chi connectivity index (χ1n) is 39.4. The molecule has 562 valence electrons. The monoisotopic (exact) mass is 1520 g/mol. The third-order valence-corrected chi connectivity index (χ3v) is 23.7. The second kappa shape index (κ2) is 29.2. The van der Waals surface area contributed by atoms with Gasteiger partial charge in [-0.05, 0) is 200 Å². The lowest BCUT2D eigenvalue weighted by Gasteiger charge is -2.42. The number of halogens is 1. The summed E-state index contributed by atoms with van der Waals surface area (Å²) >= 11 is 6.23. The van der Waals surface area contributed by atoms with Crippen molar-refractivity contribution < 1.29 is 9.31 Å². The van der Waals surface area contributed by atoms with E-state index in [1.807, 2.05) is 72.8 Å². The van der Waals surface area contributed by atoms with E-state index < -0.39 is 0 Å². The highest BCUT2D eigenvalue weighted by Gasteiger charge is 2.52. The molecule has 3 aliphatic rings. The zero-order chi connectivity index (χ0) is 79.0. The maximum absolute atomic E-state index is 6.24. The van der Waals surface area contributed by atoms with Gasteiger partial charge in [0.05, 0.1) is 56.0 Å². The molecule has 0 bridgehead atoms. The van der Waals surface area contributed by atoms with Gasteiger partial charge in [-0.25, -0.2) is 19.9 Å². The van der Waals surface area contributed by atoms with Crippen LogP contribution in [0.1, 0.15) is 77.6 Å². The van der Waals surface area contributed by atoms with E-state index in [1.165, 1.54) is 88.6 Å². The number of nitrogens with zero attached hydrogens (tertiary/aromatic N) is 10. The van der Waals surface area contributed by atoms with Crippen LogP contribution in [-0.4, -0.2) is 57.4 Å². The summed E-state index contributed by atoms with van der Waals surface area (Å²) in [7, 11) is -0.348. The summed E-state index contributed by atoms with van der Waals surface area (Å²) in [5, 5.41) is 5.14. The topological polar surface area (TPSA) is 112 Å². The minimum absolute atomic E-state index is 0.0493. The Hall–Kier alpha value is -13.4. The molecule has 0 amide bonds. The standard InChI is InChI=1S/C48H35N5.C27H30BNO2.C27H17ClN4/c1-48(2)39-18-8-12-22-43(39)53(44-23-13-9-19-40(44)48)36-30-26-34(27-31-36)47-50-45(32-14-4-3-5-15-32)49-46(51-47)33-24-28-35(29-25-33)52-41-20-10-6-16-37(41)38-17-7-11-21-42(38)52;1-25(2)21-11-7-9-13-23(21)29(24-14-10-8-12-22(24)25)20-17-15-19(16-18-20)28-30-26(3,4)27(5,6)31-28;28-27-30-25(18-8-2-1-3-9-18)29-26(31-27)19-14-16-20(17-15-19)32-23-12-6-4-10-21(23)22-11-5-7-13-24(22)32/h3-31H,1-2H3;7-18H,1-6H3;1-17H. The van der Waals surface area contributed by atoms with Crippen molar-refractivity contribution in [1.82, 2.24) is 39.0 Å². The lowest BCUT2D eigenvalue weighted by molar-refractivity contribution is 0.00578. The summed E-state index contributed by atoms with van der Waals surface area (Å²) in [6.45, 7) is 17.6. The van der Waals surface area contributed by atoms with Crippen molar-refractivity contribution in [3.63, 3.8) is 0 Å². The molecule has 14 aromatic carbocycles. The Morgan fingerprint density at radius 2 is 0.491 bits per heavy atom. The quantitative estimate of drug-likeness (QED) is 0.123. The molecule has 12 nitrogen and oxygen atoms in total. The summed E-state index contributed by atoms with van der Waals surface area (Å²) in [5.41, 5.74) is 24.0. The van der Waals surface area contributed by atoms with Crippen LogP contribution in [0.15, 0.2) is 352 Å². The van der Waals surface area contributed by atoms with Gasteiger partial charge in [0.2, 0.25) is 5.28 Å². The van der Waals surface area contributed by atoms with Gasteiger partial charge < -0.3 is 28.2 Å². The molecule has 116 heavy (non-hydrogen) atoms. The number of hydrogen-bond acceptors (Lipinski definition) is 10. The summed E-state index contributed by atoms with van der Waals surface area (Å²) in [5.74, 6) is 3.02. The molecule has 0 N–H and O–H groups in total. The molecule has 0 saturated carbocycles. The first-order chi connectivity index (χ1) is 56.4. The van der Waals surface area contributed by atoms with E-state index in [9.17, 15) is 0 Å². The zero-order valence-electron chi connectivity index (χ0n) is 65.7. The van der Waals surface area contributed by atoms with Gasteiger partial charge in [0.15, 0.2) is 29.1 Å². The van der Waals surface area contributed by atoms with Gasteiger partial charge in [-0.3, -0.25) is 0 Å². The largest absolute Gasteiger partial charge is 0.494 e. The van der Waals surface area contributed by atoms with Crippen molar-refractivity contribution in [2.24, 2.45) is 0 Å². The van der Waals surface area contributed by atoms with Crippen LogP contribution in [0.2, 0.25) is 5.28 Å². The Balaban J connectivity index is 0.000000123. The second-order valence-corrected chi connectivity index (χ2v) is 32.2. The molecule has 21 rings (SSSR count). The van der Waals surface area contributed by atoms with Crippen molar-refractivity contribution >= 4 is 102 Å². The Morgan fingerprint density at radius 3 is 0.802 bits per heavy atom. The summed E-state index contributed by atoms with van der Waals surface area (Å²) in [6, 6.07) is 123. The van der Waals surface area contributed by atoms with Crippen LogP contribution in [0, 0.1) is 0 Å². The number of para-hydroxylation sites is 8. The van der Waals surface area contributed by atoms with Crippen molar-refractivity contribution in [1.29, 1.82) is 0 Å². The number of benzene rings is 14. The SMILES string of the molecule is CC1(C)c2ccccc2N(c2ccc(-c3nc(-c4ccccc4)nc(-c4ccc(-n5c6ccccc6c6ccccc65)cc4)n3)cc2)c2ccccc21.CC1(C)c2ccccc2N(c2ccc(B3OC(C)(C)C(C)(C)O3)cc2)c2ccccc21.Clc1nc(-c2ccccc2)nc(-c2ccc(-n3c4ccccc4c4ccccc43)cc2)n1. The molecule has 18 aromatic rings. The molecule has 7 heterocycles. The lowest BCUT2D eigenvalue weighted by atomic mass is 9.73. The lowest BCUT2D eigenvalue weighted by Crippen LogP contribution is -2.41. The predicted octanol–water partition coefficient (Wildman–Crippen LogP) is 25.1. The van der Waals surface area contributed by atoms with E-state index in [-0.39, 0.29) is 34.4 Å². The number of anilines is 6. The summed E-state index contributed by atoms with van der Waals surface area (Å²) < 4.78 is 17.1. The molecule has 0 unspecified atom stereocenters. The van der Waals surface area contributed by atoms with Gasteiger partial charge in [-0.1, -0.05) is 246 Å². The van der Waals surface area contributed by atoms with Gasteiger partial charge in [0, 0.05) is 82.9 Å². The van der Waals surface area contributed by atoms with Crippen LogP contribution in [-0.2, 0) is 20.1 Å². The first kappa shape index (κ1) is 72.8. The molecule has 0 spiro atoms. The molecule has 1 fully saturated rings. The molecule has 0 atom stereocenters. The average Bonchev–Trinajstić information content (AvgIpc) is 1.24. The summed E-state index contributed by atoms with van der Waals surface area (Å²) in [4.78, 5) is 33.1. The van der Waals surface area contributed by atoms with Gasteiger partial charge in [0.25, 0.3) is 0 Å². The third-order valence-electron chi connectivity index (χ3n) is 23.6. The van der Waals surface area contributed by atoms with Crippen molar-refractivity contribution in [2.75, 3.05) is 9.80 Å². The molecule has 4 aromatic heterocycles. The smallest absolute Gasteiger partial charge is 0.399 e. The fraction of sp³-hybridized carbons (Fsp3) is 0.118. The highest BCUT2D eigenvalue weighted by Crippen LogP contribution is 2.54. The normalized spacial score (nSPS) is 14.6. The van der Waals surface area contributed by atoms with E-state index in [1.54, 1.807) is 0 Å². The Labute approximate surface area is 680 Å². The van der Waals surface area contributed by atoms with Crippen LogP contribution < -0.4 is 15.3 Å². The fourth-order valence-corrected chi connectivity index (χ4v) is 17.0. The van der Waals surface area contributed by atoms with Crippen molar-refractivity contribution in [3.8, 4) is 68.3 Å². The van der Waals surface area contributed by atoms with Crippen LogP contribution in [0.4, 0.5) is 34.1 Å². The van der Waals surface area contributed by atoms with Gasteiger partial charge in [-0.15, -0.1) is 0 Å². The van der Waals surface area contributed by atoms with E-state index >= 15 is 0 Å². The van der Waals surface area contributed by atoms with Crippen LogP contribution in [0.25, 0.3) is 112 Å². The minimum atomic E-state index is -0.348. The van der Waals surface area contributed by atoms with Crippen LogP contribution in [0.3, 0.4) is 0 Å². The van der Waals surface area contributed by atoms with Crippen LogP contribution in [0.5, 0.6) is 0 Å². The fourth-order valence-electron chi connectivity index (χ4n) is 16.9. The Kier molecular flexibility index (Phi) is 18.3. The third kappa shape index (κ3) is 12.9. The van der Waals surface area contributed by atoms with Crippen molar-refractivity contribution in [2.45, 2.75) is 77.4 Å².